The Kier molecular flexibility index (Phi) is 23.2. The first-order valence-corrected chi connectivity index (χ1v) is 15.0. The van der Waals surface area contributed by atoms with E-state index >= 15 is 0 Å². The Labute approximate surface area is 225 Å². The van der Waals surface area contributed by atoms with E-state index < -0.39 is 17.9 Å². The minimum atomic E-state index is -0.935. The standard InChI is InChI=1S/C30H55NO6/c1-2-3-4-5-6-7-8-9-10-11-12-13-14-15-16-17-18-19-20-24-31(25-21-28(32)33,26-22-29(34)35)27-23-30(36)37/h12-13H,2-11,14-27H2,1H3,(H2-,32,33,34,35,36,37)/p+1/b13-12+. The molecule has 0 fully saturated rings. The largest absolute Gasteiger partial charge is 0.481 e. The smallest absolute Gasteiger partial charge is 0.309 e. The highest BCUT2D eigenvalue weighted by atomic mass is 16.4. The number of hydrogen-bond acceptors (Lipinski definition) is 3. The van der Waals surface area contributed by atoms with Crippen LogP contribution < -0.4 is 0 Å². The van der Waals surface area contributed by atoms with Crippen LogP contribution >= 0.6 is 0 Å². The Hall–Kier alpha value is -1.89. The van der Waals surface area contributed by atoms with Gasteiger partial charge >= 0.3 is 17.9 Å². The molecule has 37 heavy (non-hydrogen) atoms. The number of carboxylic acids is 3. The molecule has 0 unspecified atom stereocenters. The summed E-state index contributed by atoms with van der Waals surface area (Å²) in [6.45, 7) is 3.73. The van der Waals surface area contributed by atoms with Crippen LogP contribution in [-0.2, 0) is 14.4 Å². The average Bonchev–Trinajstić information content (AvgIpc) is 2.85. The van der Waals surface area contributed by atoms with Crippen molar-refractivity contribution in [2.45, 2.75) is 135 Å². The molecule has 0 aromatic carbocycles. The number of nitrogens with zero attached hydrogens (tertiary/aromatic N) is 1. The molecule has 0 saturated heterocycles. The van der Waals surface area contributed by atoms with Crippen molar-refractivity contribution in [1.29, 1.82) is 0 Å². The van der Waals surface area contributed by atoms with Gasteiger partial charge in [0.15, 0.2) is 0 Å². The lowest BCUT2D eigenvalue weighted by Crippen LogP contribution is -2.52. The van der Waals surface area contributed by atoms with Crippen LogP contribution in [0.15, 0.2) is 12.2 Å². The van der Waals surface area contributed by atoms with Gasteiger partial charge in [0, 0.05) is 0 Å². The van der Waals surface area contributed by atoms with E-state index in [1.807, 2.05) is 0 Å². The molecule has 0 rings (SSSR count). The maximum absolute atomic E-state index is 11.1. The number of carboxylic acid groups (broad SMARTS) is 3. The van der Waals surface area contributed by atoms with Crippen LogP contribution in [0.1, 0.15) is 135 Å². The van der Waals surface area contributed by atoms with Crippen molar-refractivity contribution in [2.75, 3.05) is 26.2 Å². The quantitative estimate of drug-likeness (QED) is 0.0555. The Balaban J connectivity index is 3.98. The molecule has 0 aromatic rings. The summed E-state index contributed by atoms with van der Waals surface area (Å²) in [5, 5.41) is 27.4. The van der Waals surface area contributed by atoms with Gasteiger partial charge in [0.05, 0.1) is 45.4 Å². The monoisotopic (exact) mass is 526 g/mol. The minimum Gasteiger partial charge on any atom is -0.481 e. The summed E-state index contributed by atoms with van der Waals surface area (Å²) in [7, 11) is 0. The lowest BCUT2D eigenvalue weighted by molar-refractivity contribution is -0.927. The average molecular weight is 527 g/mol. The second-order valence-electron chi connectivity index (χ2n) is 10.7. The molecule has 0 aliphatic rings. The molecular weight excluding hydrogens is 470 g/mol. The SMILES string of the molecule is CCCCCCCCCCC/C=C/CCCCCCCC[N+](CCC(=O)O)(CCC(=O)O)CCC(=O)O. The first-order chi connectivity index (χ1) is 17.8. The molecule has 0 saturated carbocycles. The summed E-state index contributed by atoms with van der Waals surface area (Å²) >= 11 is 0. The Morgan fingerprint density at radius 2 is 0.811 bits per heavy atom. The first kappa shape index (κ1) is 35.1. The van der Waals surface area contributed by atoms with Crippen molar-refractivity contribution in [3.63, 3.8) is 0 Å². The molecule has 216 valence electrons. The molecule has 0 aliphatic carbocycles. The zero-order valence-corrected chi connectivity index (χ0v) is 23.6. The van der Waals surface area contributed by atoms with Gasteiger partial charge in [-0.3, -0.25) is 14.4 Å². The fourth-order valence-corrected chi connectivity index (χ4v) is 4.89. The maximum Gasteiger partial charge on any atom is 0.309 e. The lowest BCUT2D eigenvalue weighted by atomic mass is 10.1. The van der Waals surface area contributed by atoms with Crippen molar-refractivity contribution in [3.8, 4) is 0 Å². The van der Waals surface area contributed by atoms with E-state index in [4.69, 9.17) is 15.3 Å². The van der Waals surface area contributed by atoms with Gasteiger partial charge in [0.2, 0.25) is 0 Å². The van der Waals surface area contributed by atoms with Crippen LogP contribution in [0.25, 0.3) is 0 Å². The van der Waals surface area contributed by atoms with Gasteiger partial charge in [-0.25, -0.2) is 0 Å². The van der Waals surface area contributed by atoms with Crippen LogP contribution in [-0.4, -0.2) is 63.9 Å². The zero-order chi connectivity index (χ0) is 27.6. The summed E-state index contributed by atoms with van der Waals surface area (Å²) in [4.78, 5) is 33.4. The molecule has 0 aliphatic heterocycles. The molecule has 7 nitrogen and oxygen atoms in total. The van der Waals surface area contributed by atoms with Crippen LogP contribution in [0.3, 0.4) is 0 Å². The van der Waals surface area contributed by atoms with E-state index in [0.29, 0.717) is 6.54 Å². The highest BCUT2D eigenvalue weighted by molar-refractivity contribution is 5.67. The van der Waals surface area contributed by atoms with Gasteiger partial charge in [-0.2, -0.15) is 0 Å². The molecule has 0 radical (unpaired) electrons. The van der Waals surface area contributed by atoms with Crippen molar-refractivity contribution >= 4 is 17.9 Å². The van der Waals surface area contributed by atoms with E-state index in [-0.39, 0.29) is 43.4 Å². The van der Waals surface area contributed by atoms with Gasteiger partial charge in [0.1, 0.15) is 0 Å². The van der Waals surface area contributed by atoms with Crippen LogP contribution in [0.4, 0.5) is 0 Å². The van der Waals surface area contributed by atoms with E-state index in [1.54, 1.807) is 0 Å². The van der Waals surface area contributed by atoms with Crippen molar-refractivity contribution < 1.29 is 34.2 Å². The molecule has 0 atom stereocenters. The number of unbranched alkanes of at least 4 members (excludes halogenated alkanes) is 15. The zero-order valence-electron chi connectivity index (χ0n) is 23.6. The molecule has 0 heterocycles. The fourth-order valence-electron chi connectivity index (χ4n) is 4.89. The predicted octanol–water partition coefficient (Wildman–Crippen LogP) is 7.44. The van der Waals surface area contributed by atoms with E-state index in [2.05, 4.69) is 19.1 Å². The third kappa shape index (κ3) is 24.2. The van der Waals surface area contributed by atoms with Crippen molar-refractivity contribution in [3.05, 3.63) is 12.2 Å². The molecule has 0 amide bonds. The Morgan fingerprint density at radius 1 is 0.486 bits per heavy atom. The highest BCUT2D eigenvalue weighted by Crippen LogP contribution is 2.17. The summed E-state index contributed by atoms with van der Waals surface area (Å²) in [5.74, 6) is -2.80. The number of hydrogen-bond donors (Lipinski definition) is 3. The summed E-state index contributed by atoms with van der Waals surface area (Å²) in [6, 6.07) is 0. The normalized spacial score (nSPS) is 11.8. The van der Waals surface area contributed by atoms with Gasteiger partial charge in [-0.15, -0.1) is 0 Å². The summed E-state index contributed by atoms with van der Waals surface area (Å²) in [5.41, 5.74) is 0. The summed E-state index contributed by atoms with van der Waals surface area (Å²) in [6.07, 6.45) is 25.6. The van der Waals surface area contributed by atoms with Crippen LogP contribution in [0, 0.1) is 0 Å². The van der Waals surface area contributed by atoms with Crippen molar-refractivity contribution in [2.24, 2.45) is 0 Å². The van der Waals surface area contributed by atoms with E-state index in [0.717, 1.165) is 32.1 Å². The number of quaternary nitrogens is 1. The molecule has 3 N–H and O–H groups in total. The number of carbonyl (C=O) groups is 3. The van der Waals surface area contributed by atoms with Crippen LogP contribution in [0.2, 0.25) is 0 Å². The van der Waals surface area contributed by atoms with Gasteiger partial charge in [-0.1, -0.05) is 89.7 Å². The van der Waals surface area contributed by atoms with Gasteiger partial charge < -0.3 is 19.8 Å². The lowest BCUT2D eigenvalue weighted by Gasteiger charge is -2.38. The number of rotatable bonds is 28. The van der Waals surface area contributed by atoms with Crippen LogP contribution in [0.5, 0.6) is 0 Å². The summed E-state index contributed by atoms with van der Waals surface area (Å²) < 4.78 is 0.259. The van der Waals surface area contributed by atoms with E-state index in [1.165, 1.54) is 77.0 Å². The highest BCUT2D eigenvalue weighted by Gasteiger charge is 2.29. The number of allylic oxidation sites excluding steroid dienone is 2. The second-order valence-corrected chi connectivity index (χ2v) is 10.7. The molecule has 0 aromatic heterocycles. The molecule has 7 heteroatoms. The number of aliphatic carboxylic acids is 3. The Morgan fingerprint density at radius 3 is 1.16 bits per heavy atom. The third-order valence-corrected chi connectivity index (χ3v) is 7.29. The third-order valence-electron chi connectivity index (χ3n) is 7.29. The molecule has 0 bridgehead atoms. The topological polar surface area (TPSA) is 112 Å². The van der Waals surface area contributed by atoms with E-state index in [9.17, 15) is 14.4 Å². The second kappa shape index (κ2) is 24.4. The first-order valence-electron chi connectivity index (χ1n) is 15.0. The predicted molar refractivity (Wildman–Crippen MR) is 150 cm³/mol. The fraction of sp³-hybridized carbons (Fsp3) is 0.833. The molecular formula is C30H56NO6+. The maximum atomic E-state index is 11.1. The van der Waals surface area contributed by atoms with Gasteiger partial charge in [0.25, 0.3) is 0 Å². The minimum absolute atomic E-state index is 0.0775. The van der Waals surface area contributed by atoms with Gasteiger partial charge in [-0.05, 0) is 38.5 Å². The van der Waals surface area contributed by atoms with Crippen molar-refractivity contribution in [1.82, 2.24) is 0 Å². The Bertz CT molecular complexity index is 574. The molecule has 0 spiro atoms.